The van der Waals surface area contributed by atoms with Gasteiger partial charge in [0.15, 0.2) is 6.61 Å². The number of amides is 2. The maximum absolute atomic E-state index is 12.2. The third-order valence-corrected chi connectivity index (χ3v) is 4.49. The Morgan fingerprint density at radius 1 is 1.11 bits per heavy atom. The predicted molar refractivity (Wildman–Crippen MR) is 108 cm³/mol. The molecule has 3 aromatic rings. The van der Waals surface area contributed by atoms with Crippen molar-refractivity contribution in [1.82, 2.24) is 20.6 Å². The van der Waals surface area contributed by atoms with Gasteiger partial charge in [-0.1, -0.05) is 41.1 Å². The molecule has 2 amide bonds. The Labute approximate surface area is 170 Å². The molecule has 0 aliphatic heterocycles. The SMILES string of the molecule is CCc1ccccc1OCC(=O)NNC(=O)c1cnn(-c2ccc(Br)cc2)c1. The van der Waals surface area contributed by atoms with Crippen LogP contribution >= 0.6 is 15.9 Å². The Hall–Kier alpha value is -3.13. The highest BCUT2D eigenvalue weighted by Crippen LogP contribution is 2.18. The standard InChI is InChI=1S/C20H19BrN4O3/c1-2-14-5-3-4-6-18(14)28-13-19(26)23-24-20(27)15-11-22-25(12-15)17-9-7-16(21)8-10-17/h3-12H,2,13H2,1H3,(H,23,26)(H,24,27). The molecule has 0 unspecified atom stereocenters. The van der Waals surface area contributed by atoms with E-state index in [1.54, 1.807) is 16.9 Å². The number of hydrogen-bond acceptors (Lipinski definition) is 4. The number of nitrogens with zero attached hydrogens (tertiary/aromatic N) is 2. The number of hydrazine groups is 1. The number of aryl methyl sites for hydroxylation is 1. The van der Waals surface area contributed by atoms with Crippen molar-refractivity contribution in [3.05, 3.63) is 76.5 Å². The van der Waals surface area contributed by atoms with E-state index in [0.29, 0.717) is 11.3 Å². The van der Waals surface area contributed by atoms with Crippen LogP contribution in [0.3, 0.4) is 0 Å². The molecule has 0 saturated heterocycles. The fraction of sp³-hybridized carbons (Fsp3) is 0.150. The van der Waals surface area contributed by atoms with Crippen molar-refractivity contribution in [2.24, 2.45) is 0 Å². The lowest BCUT2D eigenvalue weighted by atomic mass is 10.1. The highest BCUT2D eigenvalue weighted by Gasteiger charge is 2.11. The van der Waals surface area contributed by atoms with Crippen molar-refractivity contribution in [1.29, 1.82) is 0 Å². The molecule has 144 valence electrons. The van der Waals surface area contributed by atoms with Crippen LogP contribution in [-0.4, -0.2) is 28.2 Å². The molecule has 1 heterocycles. The van der Waals surface area contributed by atoms with Crippen LogP contribution in [0.2, 0.25) is 0 Å². The van der Waals surface area contributed by atoms with E-state index < -0.39 is 11.8 Å². The van der Waals surface area contributed by atoms with E-state index in [1.165, 1.54) is 6.20 Å². The summed E-state index contributed by atoms with van der Waals surface area (Å²) < 4.78 is 8.04. The van der Waals surface area contributed by atoms with E-state index in [2.05, 4.69) is 31.9 Å². The number of aromatic nitrogens is 2. The summed E-state index contributed by atoms with van der Waals surface area (Å²) in [4.78, 5) is 24.1. The average Bonchev–Trinajstić information content (AvgIpc) is 3.21. The van der Waals surface area contributed by atoms with Gasteiger partial charge in [0.2, 0.25) is 0 Å². The molecule has 8 heteroatoms. The van der Waals surface area contributed by atoms with E-state index in [1.807, 2.05) is 49.4 Å². The second-order valence-electron chi connectivity index (χ2n) is 5.90. The monoisotopic (exact) mass is 442 g/mol. The second kappa shape index (κ2) is 9.18. The van der Waals surface area contributed by atoms with Crippen molar-refractivity contribution in [2.45, 2.75) is 13.3 Å². The molecular weight excluding hydrogens is 424 g/mol. The first kappa shape index (κ1) is 19.6. The van der Waals surface area contributed by atoms with Crippen molar-refractivity contribution in [3.63, 3.8) is 0 Å². The van der Waals surface area contributed by atoms with Crippen LogP contribution in [-0.2, 0) is 11.2 Å². The van der Waals surface area contributed by atoms with Crippen LogP contribution in [0.25, 0.3) is 5.69 Å². The Morgan fingerprint density at radius 2 is 1.86 bits per heavy atom. The number of ether oxygens (including phenoxy) is 1. The highest BCUT2D eigenvalue weighted by atomic mass is 79.9. The van der Waals surface area contributed by atoms with Crippen molar-refractivity contribution < 1.29 is 14.3 Å². The maximum Gasteiger partial charge on any atom is 0.276 e. The van der Waals surface area contributed by atoms with Crippen LogP contribution in [0.5, 0.6) is 5.75 Å². The van der Waals surface area contributed by atoms with E-state index in [4.69, 9.17) is 4.74 Å². The highest BCUT2D eigenvalue weighted by molar-refractivity contribution is 9.10. The zero-order chi connectivity index (χ0) is 19.9. The molecular formula is C20H19BrN4O3. The Morgan fingerprint density at radius 3 is 2.61 bits per heavy atom. The minimum Gasteiger partial charge on any atom is -0.483 e. The summed E-state index contributed by atoms with van der Waals surface area (Å²) in [7, 11) is 0. The van der Waals surface area contributed by atoms with Gasteiger partial charge in [-0.3, -0.25) is 20.4 Å². The van der Waals surface area contributed by atoms with Gasteiger partial charge < -0.3 is 4.74 Å². The minimum atomic E-state index is -0.467. The van der Waals surface area contributed by atoms with Gasteiger partial charge in [0.25, 0.3) is 11.8 Å². The van der Waals surface area contributed by atoms with Crippen molar-refractivity contribution >= 4 is 27.7 Å². The number of halogens is 1. The molecule has 0 aliphatic rings. The van der Waals surface area contributed by atoms with E-state index >= 15 is 0 Å². The molecule has 7 nitrogen and oxygen atoms in total. The lowest BCUT2D eigenvalue weighted by Crippen LogP contribution is -2.43. The van der Waals surface area contributed by atoms with Gasteiger partial charge in [0.05, 0.1) is 17.4 Å². The summed E-state index contributed by atoms with van der Waals surface area (Å²) >= 11 is 3.37. The molecule has 2 N–H and O–H groups in total. The fourth-order valence-electron chi connectivity index (χ4n) is 2.49. The van der Waals surface area contributed by atoms with Gasteiger partial charge in [-0.15, -0.1) is 0 Å². The molecule has 28 heavy (non-hydrogen) atoms. The molecule has 0 aliphatic carbocycles. The van der Waals surface area contributed by atoms with E-state index in [9.17, 15) is 9.59 Å². The average molecular weight is 443 g/mol. The first-order valence-corrected chi connectivity index (χ1v) is 9.46. The first-order valence-electron chi connectivity index (χ1n) is 8.67. The zero-order valence-corrected chi connectivity index (χ0v) is 16.8. The van der Waals surface area contributed by atoms with Crippen LogP contribution in [0, 0.1) is 0 Å². The molecule has 0 fully saturated rings. The van der Waals surface area contributed by atoms with Crippen LogP contribution in [0.4, 0.5) is 0 Å². The molecule has 0 radical (unpaired) electrons. The lowest BCUT2D eigenvalue weighted by Gasteiger charge is -2.10. The van der Waals surface area contributed by atoms with Crippen LogP contribution in [0.1, 0.15) is 22.8 Å². The maximum atomic E-state index is 12.2. The van der Waals surface area contributed by atoms with Crippen molar-refractivity contribution in [2.75, 3.05) is 6.61 Å². The number of nitrogens with one attached hydrogen (secondary N) is 2. The molecule has 0 saturated carbocycles. The first-order chi connectivity index (χ1) is 13.6. The molecule has 0 bridgehead atoms. The van der Waals surface area contributed by atoms with Crippen LogP contribution < -0.4 is 15.6 Å². The molecule has 1 aromatic heterocycles. The van der Waals surface area contributed by atoms with Gasteiger partial charge in [-0.25, -0.2) is 4.68 Å². The predicted octanol–water partition coefficient (Wildman–Crippen LogP) is 3.04. The number of benzene rings is 2. The molecule has 3 rings (SSSR count). The summed E-state index contributed by atoms with van der Waals surface area (Å²) in [6.45, 7) is 1.81. The largest absolute Gasteiger partial charge is 0.483 e. The topological polar surface area (TPSA) is 85.2 Å². The number of hydrogen-bond donors (Lipinski definition) is 2. The summed E-state index contributed by atoms with van der Waals surface area (Å²) in [6.07, 6.45) is 3.81. The quantitative estimate of drug-likeness (QED) is 0.574. The number of para-hydroxylation sites is 1. The lowest BCUT2D eigenvalue weighted by molar-refractivity contribution is -0.123. The van der Waals surface area contributed by atoms with Gasteiger partial charge in [0, 0.05) is 10.7 Å². The number of carbonyl (C=O) groups excluding carboxylic acids is 2. The zero-order valence-electron chi connectivity index (χ0n) is 15.2. The van der Waals surface area contributed by atoms with Gasteiger partial charge >= 0.3 is 0 Å². The summed E-state index contributed by atoms with van der Waals surface area (Å²) in [5, 5.41) is 4.16. The van der Waals surface area contributed by atoms with E-state index in [0.717, 1.165) is 22.1 Å². The van der Waals surface area contributed by atoms with Gasteiger partial charge in [-0.2, -0.15) is 5.10 Å². The number of carbonyl (C=O) groups is 2. The van der Waals surface area contributed by atoms with Gasteiger partial charge in [0.1, 0.15) is 5.75 Å². The van der Waals surface area contributed by atoms with Crippen molar-refractivity contribution in [3.8, 4) is 11.4 Å². The third kappa shape index (κ3) is 4.98. The molecule has 0 atom stereocenters. The second-order valence-corrected chi connectivity index (χ2v) is 6.82. The number of rotatable bonds is 6. The summed E-state index contributed by atoms with van der Waals surface area (Å²) in [5.74, 6) is -0.271. The third-order valence-electron chi connectivity index (χ3n) is 3.96. The fourth-order valence-corrected chi connectivity index (χ4v) is 2.75. The Balaban J connectivity index is 1.51. The van der Waals surface area contributed by atoms with Crippen LogP contribution in [0.15, 0.2) is 65.4 Å². The Kier molecular flexibility index (Phi) is 6.44. The Bertz CT molecular complexity index is 970. The summed E-state index contributed by atoms with van der Waals surface area (Å²) in [5.41, 5.74) is 6.84. The van der Waals surface area contributed by atoms with E-state index in [-0.39, 0.29) is 6.61 Å². The smallest absolute Gasteiger partial charge is 0.276 e. The minimum absolute atomic E-state index is 0.199. The normalized spacial score (nSPS) is 10.4. The molecule has 2 aromatic carbocycles. The molecule has 0 spiro atoms. The summed E-state index contributed by atoms with van der Waals surface area (Å²) in [6, 6.07) is 15.0. The van der Waals surface area contributed by atoms with Gasteiger partial charge in [-0.05, 0) is 42.3 Å².